The number of nitrogens with two attached hydrogens (primary N) is 2. The lowest BCUT2D eigenvalue weighted by atomic mass is 9.97. The lowest BCUT2D eigenvalue weighted by Crippen LogP contribution is -2.36. The zero-order chi connectivity index (χ0) is 21.3. The lowest BCUT2D eigenvalue weighted by molar-refractivity contribution is 0.100. The molecule has 0 aliphatic carbocycles. The number of rotatable bonds is 5. The van der Waals surface area contributed by atoms with Crippen molar-refractivity contribution in [3.63, 3.8) is 0 Å². The highest BCUT2D eigenvalue weighted by atomic mass is 35.5. The molecule has 0 bridgehead atoms. The van der Waals surface area contributed by atoms with Gasteiger partial charge in [-0.2, -0.15) is 9.78 Å². The molecule has 2 aromatic heterocycles. The number of hydrogen-bond donors (Lipinski definition) is 3. The molecule has 9 nitrogen and oxygen atoms in total. The van der Waals surface area contributed by atoms with Crippen LogP contribution in [-0.4, -0.2) is 53.2 Å². The van der Waals surface area contributed by atoms with Crippen LogP contribution in [0.5, 0.6) is 0 Å². The van der Waals surface area contributed by atoms with Crippen LogP contribution in [0.3, 0.4) is 0 Å². The number of hydrogen-bond acceptors (Lipinski definition) is 7. The number of ether oxygens (including phenoxy) is 1. The van der Waals surface area contributed by atoms with Crippen molar-refractivity contribution in [1.29, 1.82) is 5.41 Å². The maximum absolute atomic E-state index is 12.2. The van der Waals surface area contributed by atoms with Gasteiger partial charge in [-0.3, -0.25) is 4.79 Å². The third-order valence-corrected chi connectivity index (χ3v) is 5.23. The van der Waals surface area contributed by atoms with E-state index in [1.165, 1.54) is 10.8 Å². The molecule has 0 saturated carbocycles. The van der Waals surface area contributed by atoms with Gasteiger partial charge in [0.05, 0.1) is 30.0 Å². The zero-order valence-corrected chi connectivity index (χ0v) is 16.8. The Morgan fingerprint density at radius 1 is 1.23 bits per heavy atom. The SMILES string of the molecule is N=C/C=C(\N)n1ncc2c(-c3cccc(Cl)c3C(N)=O)cc(N3CCOCC3)nc21. The van der Waals surface area contributed by atoms with E-state index in [1.807, 2.05) is 6.07 Å². The predicted molar refractivity (Wildman–Crippen MR) is 117 cm³/mol. The molecule has 0 radical (unpaired) electrons. The summed E-state index contributed by atoms with van der Waals surface area (Å²) in [6, 6.07) is 7.07. The van der Waals surface area contributed by atoms with Gasteiger partial charge in [-0.15, -0.1) is 0 Å². The van der Waals surface area contributed by atoms with Crippen LogP contribution in [0.1, 0.15) is 10.4 Å². The summed E-state index contributed by atoms with van der Waals surface area (Å²) in [5.41, 5.74) is 13.7. The Hall–Kier alpha value is -3.43. The number of morpholine rings is 1. The molecule has 1 aliphatic heterocycles. The summed E-state index contributed by atoms with van der Waals surface area (Å²) in [5, 5.41) is 12.6. The summed E-state index contributed by atoms with van der Waals surface area (Å²) in [4.78, 5) is 19.0. The average molecular weight is 426 g/mol. The second-order valence-corrected chi connectivity index (χ2v) is 7.11. The quantitative estimate of drug-likeness (QED) is 0.535. The van der Waals surface area contributed by atoms with Crippen LogP contribution in [0.25, 0.3) is 28.0 Å². The van der Waals surface area contributed by atoms with Gasteiger partial charge in [0.2, 0.25) is 0 Å². The normalized spacial score (nSPS) is 14.8. The van der Waals surface area contributed by atoms with E-state index in [-0.39, 0.29) is 16.4 Å². The van der Waals surface area contributed by atoms with Gasteiger partial charge in [0, 0.05) is 24.7 Å². The minimum Gasteiger partial charge on any atom is -0.384 e. The van der Waals surface area contributed by atoms with Gasteiger partial charge in [0.1, 0.15) is 11.6 Å². The Balaban J connectivity index is 2.02. The van der Waals surface area contributed by atoms with Crippen molar-refractivity contribution >= 4 is 46.4 Å². The van der Waals surface area contributed by atoms with Gasteiger partial charge in [-0.25, -0.2) is 4.98 Å². The summed E-state index contributed by atoms with van der Waals surface area (Å²) in [6.07, 6.45) is 4.12. The number of benzene rings is 1. The number of primary amides is 1. The molecule has 0 spiro atoms. The number of halogens is 1. The number of amides is 1. The molecule has 1 aromatic carbocycles. The molecule has 1 saturated heterocycles. The van der Waals surface area contributed by atoms with Crippen molar-refractivity contribution in [2.45, 2.75) is 0 Å². The van der Waals surface area contributed by atoms with Crippen molar-refractivity contribution < 1.29 is 9.53 Å². The van der Waals surface area contributed by atoms with Crippen molar-refractivity contribution in [3.8, 4) is 11.1 Å². The second kappa shape index (κ2) is 8.13. The molecule has 30 heavy (non-hydrogen) atoms. The molecule has 10 heteroatoms. The molecular formula is C20H20ClN7O2. The van der Waals surface area contributed by atoms with E-state index in [0.717, 1.165) is 6.21 Å². The van der Waals surface area contributed by atoms with Crippen LogP contribution >= 0.6 is 11.6 Å². The van der Waals surface area contributed by atoms with Crippen LogP contribution < -0.4 is 16.4 Å². The number of anilines is 1. The topological polar surface area (TPSA) is 136 Å². The Labute approximate surface area is 177 Å². The van der Waals surface area contributed by atoms with Gasteiger partial charge in [-0.05, 0) is 29.3 Å². The summed E-state index contributed by atoms with van der Waals surface area (Å²) in [6.45, 7) is 2.54. The molecule has 4 rings (SSSR count). The third kappa shape index (κ3) is 3.49. The maximum Gasteiger partial charge on any atom is 0.250 e. The van der Waals surface area contributed by atoms with Crippen LogP contribution in [0, 0.1) is 5.41 Å². The fourth-order valence-corrected chi connectivity index (χ4v) is 3.78. The zero-order valence-electron chi connectivity index (χ0n) is 16.0. The van der Waals surface area contributed by atoms with E-state index in [4.69, 9.17) is 38.2 Å². The fraction of sp³-hybridized carbons (Fsp3) is 0.200. The smallest absolute Gasteiger partial charge is 0.250 e. The van der Waals surface area contributed by atoms with Crippen LogP contribution in [0.4, 0.5) is 5.82 Å². The molecule has 3 heterocycles. The number of allylic oxidation sites excluding steroid dienone is 1. The molecule has 1 fully saturated rings. The Morgan fingerprint density at radius 3 is 2.70 bits per heavy atom. The number of nitrogens with one attached hydrogen (secondary N) is 1. The number of fused-ring (bicyclic) bond motifs is 1. The third-order valence-electron chi connectivity index (χ3n) is 4.91. The Bertz CT molecular complexity index is 1170. The van der Waals surface area contributed by atoms with E-state index in [9.17, 15) is 4.79 Å². The number of nitrogens with zero attached hydrogens (tertiary/aromatic N) is 4. The predicted octanol–water partition coefficient (Wildman–Crippen LogP) is 2.09. The molecule has 5 N–H and O–H groups in total. The summed E-state index contributed by atoms with van der Waals surface area (Å²) >= 11 is 6.29. The highest BCUT2D eigenvalue weighted by molar-refractivity contribution is 6.34. The monoisotopic (exact) mass is 425 g/mol. The van der Waals surface area contributed by atoms with Crippen molar-refractivity contribution in [1.82, 2.24) is 14.8 Å². The summed E-state index contributed by atoms with van der Waals surface area (Å²) < 4.78 is 6.91. The maximum atomic E-state index is 12.2. The first-order chi connectivity index (χ1) is 14.5. The molecule has 0 atom stereocenters. The summed E-state index contributed by atoms with van der Waals surface area (Å²) in [7, 11) is 0. The largest absolute Gasteiger partial charge is 0.384 e. The lowest BCUT2D eigenvalue weighted by Gasteiger charge is -2.28. The van der Waals surface area contributed by atoms with Gasteiger partial charge in [0.25, 0.3) is 5.91 Å². The first kappa shape index (κ1) is 19.9. The van der Waals surface area contributed by atoms with Crippen molar-refractivity contribution in [3.05, 3.63) is 47.1 Å². The highest BCUT2D eigenvalue weighted by Crippen LogP contribution is 2.36. The fourth-order valence-electron chi connectivity index (χ4n) is 3.51. The molecule has 1 aliphatic rings. The minimum atomic E-state index is -0.621. The summed E-state index contributed by atoms with van der Waals surface area (Å²) in [5.74, 6) is 0.323. The number of carbonyl (C=O) groups is 1. The van der Waals surface area contributed by atoms with Gasteiger partial charge >= 0.3 is 0 Å². The number of pyridine rings is 1. The van der Waals surface area contributed by atoms with Crippen molar-refractivity contribution in [2.24, 2.45) is 11.5 Å². The average Bonchev–Trinajstić information content (AvgIpc) is 3.17. The van der Waals surface area contributed by atoms with E-state index in [2.05, 4.69) is 10.00 Å². The van der Waals surface area contributed by atoms with Crippen LogP contribution in [0.15, 0.2) is 36.5 Å². The Kier molecular flexibility index (Phi) is 5.39. The molecular weight excluding hydrogens is 406 g/mol. The Morgan fingerprint density at radius 2 is 2.00 bits per heavy atom. The van der Waals surface area contributed by atoms with Gasteiger partial charge < -0.3 is 26.5 Å². The second-order valence-electron chi connectivity index (χ2n) is 6.71. The van der Waals surface area contributed by atoms with E-state index in [1.54, 1.807) is 24.4 Å². The number of aromatic nitrogens is 3. The molecule has 1 amide bonds. The first-order valence-electron chi connectivity index (χ1n) is 9.28. The molecule has 0 unspecified atom stereocenters. The first-order valence-corrected chi connectivity index (χ1v) is 9.66. The van der Waals surface area contributed by atoms with Crippen molar-refractivity contribution in [2.75, 3.05) is 31.2 Å². The van der Waals surface area contributed by atoms with Gasteiger partial charge in [0.15, 0.2) is 5.65 Å². The van der Waals surface area contributed by atoms with E-state index < -0.39 is 5.91 Å². The molecule has 3 aromatic rings. The van der Waals surface area contributed by atoms with Crippen LogP contribution in [-0.2, 0) is 4.74 Å². The molecule has 154 valence electrons. The minimum absolute atomic E-state index is 0.232. The van der Waals surface area contributed by atoms with E-state index >= 15 is 0 Å². The highest BCUT2D eigenvalue weighted by Gasteiger charge is 2.22. The standard InChI is InChI=1S/C20H20ClN7O2/c21-15-3-1-2-12(18(15)19(24)29)13-10-17(27-6-8-30-9-7-27)26-20-14(13)11-25-28(20)16(23)4-5-22/h1-5,10-11,22H,6-9,23H2,(H2,24,29)/b16-4+,22-5?. The number of carbonyl (C=O) groups excluding carboxylic acids is 1. The van der Waals surface area contributed by atoms with Gasteiger partial charge in [-0.1, -0.05) is 23.7 Å². The van der Waals surface area contributed by atoms with Crippen LogP contribution in [0.2, 0.25) is 5.02 Å². The van der Waals surface area contributed by atoms with E-state index in [0.29, 0.717) is 54.3 Å².